The van der Waals surface area contributed by atoms with Gasteiger partial charge >= 0.3 is 0 Å². The summed E-state index contributed by atoms with van der Waals surface area (Å²) in [5.74, 6) is 0.406. The third kappa shape index (κ3) is 6.99. The number of anilines is 1. The molecule has 0 saturated heterocycles. The fraction of sp³-hybridized carbons (Fsp3) is 0.429. The average molecular weight is 297 g/mol. The zero-order chi connectivity index (χ0) is 14.8. The molecule has 0 aliphatic rings. The summed E-state index contributed by atoms with van der Waals surface area (Å²) in [6, 6.07) is 7.02. The number of guanidine groups is 1. The molecule has 1 rings (SSSR count). The Hall–Kier alpha value is -1.75. The minimum atomic E-state index is -0.0295. The third-order valence-electron chi connectivity index (χ3n) is 2.52. The molecule has 0 fully saturated rings. The van der Waals surface area contributed by atoms with Gasteiger partial charge in [-0.15, -0.1) is 0 Å². The number of nitrogens with one attached hydrogen (secondary N) is 2. The summed E-state index contributed by atoms with van der Waals surface area (Å²) in [6.07, 6.45) is 2.09. The SMILES string of the molecule is CCCN=C(N)NCCCC(=O)Nc1ccc(Cl)cc1. The van der Waals surface area contributed by atoms with Gasteiger partial charge in [-0.05, 0) is 37.1 Å². The quantitative estimate of drug-likeness (QED) is 0.410. The lowest BCUT2D eigenvalue weighted by atomic mass is 10.2. The number of halogens is 1. The Morgan fingerprint density at radius 2 is 2.05 bits per heavy atom. The highest BCUT2D eigenvalue weighted by atomic mass is 35.5. The molecule has 0 aliphatic carbocycles. The van der Waals surface area contributed by atoms with E-state index >= 15 is 0 Å². The van der Waals surface area contributed by atoms with Gasteiger partial charge in [-0.1, -0.05) is 18.5 Å². The van der Waals surface area contributed by atoms with E-state index in [1.807, 2.05) is 6.92 Å². The Morgan fingerprint density at radius 3 is 2.70 bits per heavy atom. The summed E-state index contributed by atoms with van der Waals surface area (Å²) < 4.78 is 0. The van der Waals surface area contributed by atoms with E-state index in [0.29, 0.717) is 30.4 Å². The number of benzene rings is 1. The summed E-state index contributed by atoms with van der Waals surface area (Å²) in [7, 11) is 0. The first-order chi connectivity index (χ1) is 9.61. The number of nitrogens with two attached hydrogens (primary N) is 1. The summed E-state index contributed by atoms with van der Waals surface area (Å²) >= 11 is 5.77. The average Bonchev–Trinajstić information content (AvgIpc) is 2.44. The minimum absolute atomic E-state index is 0.0295. The molecule has 6 heteroatoms. The standard InChI is InChI=1S/C14H21ClN4O/c1-2-9-17-14(16)18-10-3-4-13(20)19-12-7-5-11(15)6-8-12/h5-8H,2-4,9-10H2,1H3,(H,19,20)(H3,16,17,18). The van der Waals surface area contributed by atoms with E-state index in [1.54, 1.807) is 24.3 Å². The molecular weight excluding hydrogens is 276 g/mol. The molecule has 0 radical (unpaired) electrons. The second-order valence-electron chi connectivity index (χ2n) is 4.35. The van der Waals surface area contributed by atoms with Gasteiger partial charge in [0.2, 0.25) is 5.91 Å². The Morgan fingerprint density at radius 1 is 1.35 bits per heavy atom. The van der Waals surface area contributed by atoms with Crippen LogP contribution in [0.4, 0.5) is 5.69 Å². The van der Waals surface area contributed by atoms with E-state index < -0.39 is 0 Å². The lowest BCUT2D eigenvalue weighted by Crippen LogP contribution is -2.33. The van der Waals surface area contributed by atoms with Crippen LogP contribution in [0.3, 0.4) is 0 Å². The monoisotopic (exact) mass is 296 g/mol. The first-order valence-corrected chi connectivity index (χ1v) is 7.09. The van der Waals surface area contributed by atoms with Gasteiger partial charge in [-0.2, -0.15) is 0 Å². The predicted molar refractivity (Wildman–Crippen MR) is 84.1 cm³/mol. The van der Waals surface area contributed by atoms with Crippen LogP contribution in [-0.4, -0.2) is 25.0 Å². The van der Waals surface area contributed by atoms with Crippen molar-refractivity contribution in [3.63, 3.8) is 0 Å². The van der Waals surface area contributed by atoms with Gasteiger partial charge in [-0.25, -0.2) is 0 Å². The molecule has 0 aromatic heterocycles. The molecule has 110 valence electrons. The fourth-order valence-electron chi connectivity index (χ4n) is 1.51. The van der Waals surface area contributed by atoms with Crippen molar-refractivity contribution in [2.75, 3.05) is 18.4 Å². The largest absolute Gasteiger partial charge is 0.370 e. The van der Waals surface area contributed by atoms with Gasteiger partial charge in [0.05, 0.1) is 0 Å². The predicted octanol–water partition coefficient (Wildman–Crippen LogP) is 2.37. The lowest BCUT2D eigenvalue weighted by Gasteiger charge is -2.07. The van der Waals surface area contributed by atoms with Crippen LogP contribution in [0.5, 0.6) is 0 Å². The number of hydrogen-bond acceptors (Lipinski definition) is 2. The zero-order valence-corrected chi connectivity index (χ0v) is 12.4. The first-order valence-electron chi connectivity index (χ1n) is 6.71. The second kappa shape index (κ2) is 9.20. The number of hydrogen-bond donors (Lipinski definition) is 3. The molecule has 0 atom stereocenters. The van der Waals surface area contributed by atoms with Crippen molar-refractivity contribution in [1.29, 1.82) is 0 Å². The third-order valence-corrected chi connectivity index (χ3v) is 2.77. The minimum Gasteiger partial charge on any atom is -0.370 e. The maximum absolute atomic E-state index is 11.7. The Balaban J connectivity index is 2.19. The van der Waals surface area contributed by atoms with Crippen molar-refractivity contribution >= 4 is 29.2 Å². The summed E-state index contributed by atoms with van der Waals surface area (Å²) in [5.41, 5.74) is 6.39. The fourth-order valence-corrected chi connectivity index (χ4v) is 1.64. The highest BCUT2D eigenvalue weighted by molar-refractivity contribution is 6.30. The van der Waals surface area contributed by atoms with Gasteiger partial charge in [-0.3, -0.25) is 9.79 Å². The van der Waals surface area contributed by atoms with Crippen molar-refractivity contribution in [3.05, 3.63) is 29.3 Å². The van der Waals surface area contributed by atoms with Gasteiger partial charge < -0.3 is 16.4 Å². The van der Waals surface area contributed by atoms with Gasteiger partial charge in [0.25, 0.3) is 0 Å². The van der Waals surface area contributed by atoms with Crippen LogP contribution in [0.1, 0.15) is 26.2 Å². The maximum Gasteiger partial charge on any atom is 0.224 e. The van der Waals surface area contributed by atoms with E-state index in [0.717, 1.165) is 18.7 Å². The Labute approximate surface area is 124 Å². The van der Waals surface area contributed by atoms with Crippen molar-refractivity contribution in [3.8, 4) is 0 Å². The van der Waals surface area contributed by atoms with Crippen LogP contribution in [0, 0.1) is 0 Å². The second-order valence-corrected chi connectivity index (χ2v) is 4.79. The van der Waals surface area contributed by atoms with Crippen molar-refractivity contribution in [2.45, 2.75) is 26.2 Å². The van der Waals surface area contributed by atoms with E-state index in [-0.39, 0.29) is 5.91 Å². The topological polar surface area (TPSA) is 79.5 Å². The highest BCUT2D eigenvalue weighted by Gasteiger charge is 2.02. The van der Waals surface area contributed by atoms with Crippen LogP contribution >= 0.6 is 11.6 Å². The van der Waals surface area contributed by atoms with Crippen molar-refractivity contribution in [1.82, 2.24) is 5.32 Å². The van der Waals surface area contributed by atoms with Crippen LogP contribution < -0.4 is 16.4 Å². The van der Waals surface area contributed by atoms with E-state index in [2.05, 4.69) is 15.6 Å². The summed E-state index contributed by atoms with van der Waals surface area (Å²) in [4.78, 5) is 15.8. The number of aliphatic imine (C=N–C) groups is 1. The molecular formula is C14H21ClN4O. The summed E-state index contributed by atoms with van der Waals surface area (Å²) in [5, 5.41) is 6.43. The number of carbonyl (C=O) groups is 1. The number of carbonyl (C=O) groups excluding carboxylic acids is 1. The normalized spacial score (nSPS) is 11.2. The Kier molecular flexibility index (Phi) is 7.50. The van der Waals surface area contributed by atoms with Gasteiger partial charge in [0.15, 0.2) is 5.96 Å². The molecule has 1 aromatic carbocycles. The van der Waals surface area contributed by atoms with Crippen LogP contribution in [0.25, 0.3) is 0 Å². The van der Waals surface area contributed by atoms with E-state index in [1.165, 1.54) is 0 Å². The van der Waals surface area contributed by atoms with Crippen molar-refractivity contribution < 1.29 is 4.79 Å². The summed E-state index contributed by atoms with van der Waals surface area (Å²) in [6.45, 7) is 3.39. The molecule has 0 unspecified atom stereocenters. The number of rotatable bonds is 7. The van der Waals surface area contributed by atoms with Crippen LogP contribution in [0.15, 0.2) is 29.3 Å². The lowest BCUT2D eigenvalue weighted by molar-refractivity contribution is -0.116. The molecule has 0 bridgehead atoms. The zero-order valence-electron chi connectivity index (χ0n) is 11.7. The smallest absolute Gasteiger partial charge is 0.224 e. The maximum atomic E-state index is 11.7. The number of nitrogens with zero attached hydrogens (tertiary/aromatic N) is 1. The first kappa shape index (κ1) is 16.3. The van der Waals surface area contributed by atoms with Crippen molar-refractivity contribution in [2.24, 2.45) is 10.7 Å². The molecule has 0 spiro atoms. The molecule has 4 N–H and O–H groups in total. The molecule has 1 aromatic rings. The number of amides is 1. The Bertz CT molecular complexity index is 445. The molecule has 0 heterocycles. The van der Waals surface area contributed by atoms with E-state index in [9.17, 15) is 4.79 Å². The van der Waals surface area contributed by atoms with Crippen LogP contribution in [0.2, 0.25) is 5.02 Å². The molecule has 1 amide bonds. The molecule has 20 heavy (non-hydrogen) atoms. The van der Waals surface area contributed by atoms with Gasteiger partial charge in [0.1, 0.15) is 0 Å². The molecule has 5 nitrogen and oxygen atoms in total. The van der Waals surface area contributed by atoms with Crippen LogP contribution in [-0.2, 0) is 4.79 Å². The van der Waals surface area contributed by atoms with E-state index in [4.69, 9.17) is 17.3 Å². The molecule has 0 aliphatic heterocycles. The molecule has 0 saturated carbocycles. The highest BCUT2D eigenvalue weighted by Crippen LogP contribution is 2.13. The van der Waals surface area contributed by atoms with Gasteiger partial charge in [0, 0.05) is 30.2 Å².